The van der Waals surface area contributed by atoms with E-state index in [2.05, 4.69) is 55.3 Å². The minimum atomic E-state index is 0.0756. The molecule has 116 valence electrons. The largest absolute Gasteiger partial charge is 0.368 e. The van der Waals surface area contributed by atoms with Crippen LogP contribution in [0, 0.1) is 0 Å². The van der Waals surface area contributed by atoms with E-state index >= 15 is 0 Å². The van der Waals surface area contributed by atoms with Crippen molar-refractivity contribution in [3.8, 4) is 0 Å². The molecule has 1 aromatic carbocycles. The zero-order valence-corrected chi connectivity index (χ0v) is 13.4. The molecule has 4 nitrogen and oxygen atoms in total. The second-order valence-electron chi connectivity index (χ2n) is 5.95. The highest BCUT2D eigenvalue weighted by molar-refractivity contribution is 5.74. The summed E-state index contributed by atoms with van der Waals surface area (Å²) in [5.74, 6) is 0.568. The van der Waals surface area contributed by atoms with Crippen molar-refractivity contribution in [1.82, 2.24) is 10.2 Å². The van der Waals surface area contributed by atoms with Crippen LogP contribution in [-0.2, 0) is 0 Å². The highest BCUT2D eigenvalue weighted by Crippen LogP contribution is 2.21. The molecular formula is C17H27N3O. The molecule has 1 N–H and O–H groups in total. The van der Waals surface area contributed by atoms with E-state index in [9.17, 15) is 4.79 Å². The monoisotopic (exact) mass is 289 g/mol. The number of carbonyl (C=O) groups is 1. The molecule has 1 heterocycles. The first kappa shape index (κ1) is 15.7. The van der Waals surface area contributed by atoms with Gasteiger partial charge in [0.1, 0.15) is 0 Å². The lowest BCUT2D eigenvalue weighted by Gasteiger charge is -2.36. The molecule has 0 radical (unpaired) electrons. The second-order valence-corrected chi connectivity index (χ2v) is 5.95. The average molecular weight is 289 g/mol. The lowest BCUT2D eigenvalue weighted by Crippen LogP contribution is -2.52. The third-order valence-corrected chi connectivity index (χ3v) is 4.02. The standard InChI is InChI=1S/C17H27N3O/c1-4-9-18-17(21)20-12-10-19(11-13-20)16-7-5-15(6-8-16)14(2)3/h5-8,14H,4,9-13H2,1-3H3,(H,18,21). The van der Waals surface area contributed by atoms with Gasteiger partial charge in [-0.1, -0.05) is 32.9 Å². The summed E-state index contributed by atoms with van der Waals surface area (Å²) in [7, 11) is 0. The van der Waals surface area contributed by atoms with E-state index in [0.717, 1.165) is 39.1 Å². The maximum atomic E-state index is 11.9. The number of anilines is 1. The van der Waals surface area contributed by atoms with E-state index in [1.54, 1.807) is 0 Å². The van der Waals surface area contributed by atoms with Crippen LogP contribution in [0.5, 0.6) is 0 Å². The van der Waals surface area contributed by atoms with Gasteiger partial charge in [-0.25, -0.2) is 4.79 Å². The van der Waals surface area contributed by atoms with Crippen LogP contribution < -0.4 is 10.2 Å². The number of nitrogens with one attached hydrogen (secondary N) is 1. The van der Waals surface area contributed by atoms with Gasteiger partial charge in [-0.05, 0) is 30.0 Å². The Hall–Kier alpha value is -1.71. The van der Waals surface area contributed by atoms with Gasteiger partial charge in [-0.2, -0.15) is 0 Å². The fraction of sp³-hybridized carbons (Fsp3) is 0.588. The molecule has 0 atom stereocenters. The molecule has 0 saturated carbocycles. The van der Waals surface area contributed by atoms with Gasteiger partial charge in [0.05, 0.1) is 0 Å². The number of hydrogen-bond donors (Lipinski definition) is 1. The fourth-order valence-electron chi connectivity index (χ4n) is 2.58. The van der Waals surface area contributed by atoms with Crippen LogP contribution >= 0.6 is 0 Å². The van der Waals surface area contributed by atoms with E-state index in [4.69, 9.17) is 0 Å². The quantitative estimate of drug-likeness (QED) is 0.924. The molecule has 1 aromatic rings. The van der Waals surface area contributed by atoms with Crippen molar-refractivity contribution in [3.63, 3.8) is 0 Å². The van der Waals surface area contributed by atoms with Crippen LogP contribution in [0.25, 0.3) is 0 Å². The maximum absolute atomic E-state index is 11.9. The molecule has 0 spiro atoms. The molecule has 0 bridgehead atoms. The number of hydrogen-bond acceptors (Lipinski definition) is 2. The molecule has 4 heteroatoms. The average Bonchev–Trinajstić information content (AvgIpc) is 2.53. The van der Waals surface area contributed by atoms with E-state index in [0.29, 0.717) is 5.92 Å². The summed E-state index contributed by atoms with van der Waals surface area (Å²) in [4.78, 5) is 16.2. The van der Waals surface area contributed by atoms with Crippen LogP contribution in [0.15, 0.2) is 24.3 Å². The van der Waals surface area contributed by atoms with Crippen LogP contribution in [0.1, 0.15) is 38.7 Å². The van der Waals surface area contributed by atoms with Gasteiger partial charge in [0.25, 0.3) is 0 Å². The molecule has 0 aliphatic carbocycles. The Morgan fingerprint density at radius 2 is 1.76 bits per heavy atom. The summed E-state index contributed by atoms with van der Waals surface area (Å²) < 4.78 is 0. The Morgan fingerprint density at radius 3 is 2.29 bits per heavy atom. The van der Waals surface area contributed by atoms with Crippen LogP contribution in [0.3, 0.4) is 0 Å². The number of benzene rings is 1. The summed E-state index contributed by atoms with van der Waals surface area (Å²) in [6.07, 6.45) is 0.980. The Morgan fingerprint density at radius 1 is 1.14 bits per heavy atom. The molecule has 1 saturated heterocycles. The van der Waals surface area contributed by atoms with Crippen molar-refractivity contribution in [3.05, 3.63) is 29.8 Å². The van der Waals surface area contributed by atoms with Gasteiger partial charge in [0.15, 0.2) is 0 Å². The molecular weight excluding hydrogens is 262 g/mol. The van der Waals surface area contributed by atoms with E-state index in [1.165, 1.54) is 11.3 Å². The van der Waals surface area contributed by atoms with Gasteiger partial charge in [-0.15, -0.1) is 0 Å². The summed E-state index contributed by atoms with van der Waals surface area (Å²) >= 11 is 0. The van der Waals surface area contributed by atoms with E-state index < -0.39 is 0 Å². The highest BCUT2D eigenvalue weighted by Gasteiger charge is 2.20. The molecule has 2 rings (SSSR count). The van der Waals surface area contributed by atoms with Gasteiger partial charge < -0.3 is 15.1 Å². The Kier molecular flexibility index (Phi) is 5.48. The number of amides is 2. The zero-order chi connectivity index (χ0) is 15.2. The van der Waals surface area contributed by atoms with Crippen molar-refractivity contribution >= 4 is 11.7 Å². The normalized spacial score (nSPS) is 15.4. The zero-order valence-electron chi connectivity index (χ0n) is 13.4. The van der Waals surface area contributed by atoms with Crippen molar-refractivity contribution in [2.45, 2.75) is 33.1 Å². The summed E-state index contributed by atoms with van der Waals surface area (Å²) in [5, 5.41) is 2.95. The molecule has 1 aliphatic heterocycles. The second kappa shape index (κ2) is 7.34. The van der Waals surface area contributed by atoms with Gasteiger partial charge >= 0.3 is 6.03 Å². The lowest BCUT2D eigenvalue weighted by atomic mass is 10.0. The number of urea groups is 1. The summed E-state index contributed by atoms with van der Waals surface area (Å²) in [6, 6.07) is 8.89. The maximum Gasteiger partial charge on any atom is 0.317 e. The topological polar surface area (TPSA) is 35.6 Å². The third-order valence-electron chi connectivity index (χ3n) is 4.02. The van der Waals surface area contributed by atoms with Crippen molar-refractivity contribution in [1.29, 1.82) is 0 Å². The van der Waals surface area contributed by atoms with Crippen LogP contribution in [0.4, 0.5) is 10.5 Å². The van der Waals surface area contributed by atoms with Crippen molar-refractivity contribution < 1.29 is 4.79 Å². The SMILES string of the molecule is CCCNC(=O)N1CCN(c2ccc(C(C)C)cc2)CC1. The van der Waals surface area contributed by atoms with Crippen molar-refractivity contribution in [2.24, 2.45) is 0 Å². The Bertz CT molecular complexity index is 448. The highest BCUT2D eigenvalue weighted by atomic mass is 16.2. The number of piperazine rings is 1. The smallest absolute Gasteiger partial charge is 0.317 e. The van der Waals surface area contributed by atoms with Gasteiger partial charge in [0, 0.05) is 38.4 Å². The summed E-state index contributed by atoms with van der Waals surface area (Å²) in [5.41, 5.74) is 2.63. The number of rotatable bonds is 4. The van der Waals surface area contributed by atoms with E-state index in [1.807, 2.05) is 4.90 Å². The third kappa shape index (κ3) is 4.13. The molecule has 1 aliphatic rings. The minimum absolute atomic E-state index is 0.0756. The van der Waals surface area contributed by atoms with Gasteiger partial charge in [-0.3, -0.25) is 0 Å². The lowest BCUT2D eigenvalue weighted by molar-refractivity contribution is 0.194. The fourth-order valence-corrected chi connectivity index (χ4v) is 2.58. The predicted molar refractivity (Wildman–Crippen MR) is 88.0 cm³/mol. The first-order valence-corrected chi connectivity index (χ1v) is 7.99. The number of carbonyl (C=O) groups excluding carboxylic acids is 1. The number of nitrogens with zero attached hydrogens (tertiary/aromatic N) is 2. The molecule has 21 heavy (non-hydrogen) atoms. The van der Waals surface area contributed by atoms with Gasteiger partial charge in [0.2, 0.25) is 0 Å². The first-order valence-electron chi connectivity index (χ1n) is 7.99. The first-order chi connectivity index (χ1) is 10.1. The molecule has 1 fully saturated rings. The Labute approximate surface area is 128 Å². The van der Waals surface area contributed by atoms with Crippen LogP contribution in [-0.4, -0.2) is 43.7 Å². The minimum Gasteiger partial charge on any atom is -0.368 e. The van der Waals surface area contributed by atoms with Crippen LogP contribution in [0.2, 0.25) is 0 Å². The molecule has 0 aromatic heterocycles. The Balaban J connectivity index is 1.87. The molecule has 2 amide bonds. The van der Waals surface area contributed by atoms with E-state index in [-0.39, 0.29) is 6.03 Å². The summed E-state index contributed by atoms with van der Waals surface area (Å²) in [6.45, 7) is 10.6. The van der Waals surface area contributed by atoms with Crippen molar-refractivity contribution in [2.75, 3.05) is 37.6 Å². The predicted octanol–water partition coefficient (Wildman–Crippen LogP) is 3.05. The molecule has 0 unspecified atom stereocenters.